The van der Waals surface area contributed by atoms with Crippen LogP contribution in [0.25, 0.3) is 0 Å². The Morgan fingerprint density at radius 1 is 1.38 bits per heavy atom. The Morgan fingerprint density at radius 2 is 2.10 bits per heavy atom. The van der Waals surface area contributed by atoms with E-state index in [1.54, 1.807) is 4.90 Å². The molecule has 1 aliphatic heterocycles. The Bertz CT molecular complexity index is 531. The molecule has 0 aromatic heterocycles. The fourth-order valence-corrected chi connectivity index (χ4v) is 2.47. The van der Waals surface area contributed by atoms with Gasteiger partial charge in [0.05, 0.1) is 5.92 Å². The Hall–Kier alpha value is -2.08. The lowest BCUT2D eigenvalue weighted by Crippen LogP contribution is -2.46. The van der Waals surface area contributed by atoms with Crippen LogP contribution in [0.1, 0.15) is 17.0 Å². The maximum Gasteiger partial charge on any atom is 0.317 e. The summed E-state index contributed by atoms with van der Waals surface area (Å²) in [6, 6.07) is 7.20. The second-order valence-corrected chi connectivity index (χ2v) is 5.51. The summed E-state index contributed by atoms with van der Waals surface area (Å²) in [4.78, 5) is 27.1. The van der Waals surface area contributed by atoms with Gasteiger partial charge < -0.3 is 20.2 Å². The quantitative estimate of drug-likeness (QED) is 0.866. The molecule has 0 fully saturated rings. The van der Waals surface area contributed by atoms with Crippen LogP contribution in [-0.4, -0.2) is 60.6 Å². The van der Waals surface area contributed by atoms with Gasteiger partial charge in [-0.05, 0) is 25.2 Å². The third-order valence-electron chi connectivity index (χ3n) is 3.62. The predicted molar refractivity (Wildman–Crippen MR) is 79.2 cm³/mol. The molecule has 114 valence electrons. The van der Waals surface area contributed by atoms with Gasteiger partial charge in [0.1, 0.15) is 0 Å². The van der Waals surface area contributed by atoms with Crippen molar-refractivity contribution in [3.05, 3.63) is 35.4 Å². The summed E-state index contributed by atoms with van der Waals surface area (Å²) in [6.07, 6.45) is 0. The molecule has 21 heavy (non-hydrogen) atoms. The van der Waals surface area contributed by atoms with Crippen molar-refractivity contribution < 1.29 is 14.7 Å². The van der Waals surface area contributed by atoms with Crippen LogP contribution >= 0.6 is 0 Å². The van der Waals surface area contributed by atoms with E-state index in [4.69, 9.17) is 0 Å². The molecule has 0 radical (unpaired) electrons. The summed E-state index contributed by atoms with van der Waals surface area (Å²) < 4.78 is 0. The highest BCUT2D eigenvalue weighted by Gasteiger charge is 2.32. The number of nitrogens with one attached hydrogen (secondary N) is 1. The van der Waals surface area contributed by atoms with E-state index in [9.17, 15) is 14.7 Å². The molecule has 1 aromatic carbocycles. The lowest BCUT2D eigenvalue weighted by Gasteiger charge is -2.32. The normalized spacial score (nSPS) is 17.5. The number of hydrogen-bond donors (Lipinski definition) is 2. The van der Waals surface area contributed by atoms with Crippen molar-refractivity contribution in [3.63, 3.8) is 0 Å². The highest BCUT2D eigenvalue weighted by Crippen LogP contribution is 2.28. The van der Waals surface area contributed by atoms with Gasteiger partial charge >= 0.3 is 12.0 Å². The lowest BCUT2D eigenvalue weighted by molar-refractivity contribution is -0.139. The minimum absolute atomic E-state index is 0.208. The van der Waals surface area contributed by atoms with Crippen molar-refractivity contribution in [1.82, 2.24) is 15.1 Å². The van der Waals surface area contributed by atoms with E-state index < -0.39 is 11.9 Å². The van der Waals surface area contributed by atoms with E-state index in [1.807, 2.05) is 43.3 Å². The summed E-state index contributed by atoms with van der Waals surface area (Å²) >= 11 is 0. The highest BCUT2D eigenvalue weighted by molar-refractivity contribution is 5.80. The first-order valence-corrected chi connectivity index (χ1v) is 6.97. The number of fused-ring (bicyclic) bond motifs is 1. The van der Waals surface area contributed by atoms with Gasteiger partial charge in [-0.1, -0.05) is 24.3 Å². The topological polar surface area (TPSA) is 72.9 Å². The molecule has 1 heterocycles. The third kappa shape index (κ3) is 3.72. The van der Waals surface area contributed by atoms with Crippen molar-refractivity contribution in [3.8, 4) is 0 Å². The van der Waals surface area contributed by atoms with Crippen LogP contribution in [0, 0.1) is 0 Å². The van der Waals surface area contributed by atoms with E-state index in [1.165, 1.54) is 0 Å². The molecule has 0 bridgehead atoms. The number of benzene rings is 1. The van der Waals surface area contributed by atoms with Gasteiger partial charge in [0, 0.05) is 26.2 Å². The van der Waals surface area contributed by atoms with Gasteiger partial charge in [0.15, 0.2) is 0 Å². The summed E-state index contributed by atoms with van der Waals surface area (Å²) in [7, 11) is 3.87. The summed E-state index contributed by atoms with van der Waals surface area (Å²) in [5, 5.41) is 12.2. The van der Waals surface area contributed by atoms with Crippen molar-refractivity contribution in [2.24, 2.45) is 0 Å². The molecule has 1 atom stereocenters. The first kappa shape index (κ1) is 15.3. The second-order valence-electron chi connectivity index (χ2n) is 5.51. The zero-order valence-electron chi connectivity index (χ0n) is 12.4. The van der Waals surface area contributed by atoms with Crippen molar-refractivity contribution in [2.75, 3.05) is 33.7 Å². The van der Waals surface area contributed by atoms with Crippen molar-refractivity contribution >= 4 is 12.0 Å². The largest absolute Gasteiger partial charge is 0.481 e. The molecule has 0 spiro atoms. The molecule has 6 heteroatoms. The van der Waals surface area contributed by atoms with Gasteiger partial charge in [0.2, 0.25) is 0 Å². The monoisotopic (exact) mass is 291 g/mol. The third-order valence-corrected chi connectivity index (χ3v) is 3.62. The number of aliphatic carboxylic acids is 1. The van der Waals surface area contributed by atoms with E-state index in [0.29, 0.717) is 13.1 Å². The number of hydrogen-bond acceptors (Lipinski definition) is 3. The van der Waals surface area contributed by atoms with Gasteiger partial charge in [-0.15, -0.1) is 0 Å². The Balaban J connectivity index is 2.07. The molecule has 0 saturated heterocycles. The van der Waals surface area contributed by atoms with Crippen LogP contribution < -0.4 is 5.32 Å². The molecule has 2 N–H and O–H groups in total. The number of amides is 2. The Morgan fingerprint density at radius 3 is 2.76 bits per heavy atom. The fraction of sp³-hybridized carbons (Fsp3) is 0.467. The number of carbonyl (C=O) groups excluding carboxylic acids is 1. The smallest absolute Gasteiger partial charge is 0.317 e. The minimum Gasteiger partial charge on any atom is -0.481 e. The molecule has 6 nitrogen and oxygen atoms in total. The Labute approximate surface area is 124 Å². The van der Waals surface area contributed by atoms with E-state index in [-0.39, 0.29) is 12.6 Å². The number of likely N-dealkylation sites (N-methyl/N-ethyl adjacent to an activating group) is 1. The second kappa shape index (κ2) is 6.58. The average Bonchev–Trinajstić information content (AvgIpc) is 2.45. The van der Waals surface area contributed by atoms with Crippen molar-refractivity contribution in [1.29, 1.82) is 0 Å². The summed E-state index contributed by atoms with van der Waals surface area (Å²) in [5.74, 6) is -1.55. The zero-order chi connectivity index (χ0) is 15.4. The van der Waals surface area contributed by atoms with Gasteiger partial charge in [0.25, 0.3) is 0 Å². The molecule has 2 amide bonds. The highest BCUT2D eigenvalue weighted by atomic mass is 16.4. The molecule has 0 aliphatic carbocycles. The fourth-order valence-electron chi connectivity index (χ4n) is 2.47. The van der Waals surface area contributed by atoms with Gasteiger partial charge in [-0.3, -0.25) is 4.79 Å². The van der Waals surface area contributed by atoms with Gasteiger partial charge in [-0.25, -0.2) is 4.79 Å². The lowest BCUT2D eigenvalue weighted by atomic mass is 9.90. The first-order valence-electron chi connectivity index (χ1n) is 6.97. The predicted octanol–water partition coefficient (Wildman–Crippen LogP) is 0.942. The van der Waals surface area contributed by atoms with Crippen LogP contribution in [0.3, 0.4) is 0 Å². The molecule has 0 saturated carbocycles. The average molecular weight is 291 g/mol. The standard InChI is InChI=1S/C15H21N3O3/c1-17(2)8-7-16-15(21)18-9-11-5-3-4-6-12(11)13(10-18)14(19)20/h3-6,13H,7-10H2,1-2H3,(H,16,21)(H,19,20). The molecular weight excluding hydrogens is 270 g/mol. The van der Waals surface area contributed by atoms with E-state index in [2.05, 4.69) is 5.32 Å². The van der Waals surface area contributed by atoms with Crippen LogP contribution in [0.15, 0.2) is 24.3 Å². The summed E-state index contributed by atoms with van der Waals surface area (Å²) in [6.45, 7) is 1.95. The molecule has 2 rings (SSSR count). The number of carboxylic acids is 1. The number of urea groups is 1. The number of rotatable bonds is 4. The number of nitrogens with zero attached hydrogens (tertiary/aromatic N) is 2. The van der Waals surface area contributed by atoms with Crippen molar-refractivity contribution in [2.45, 2.75) is 12.5 Å². The zero-order valence-corrected chi connectivity index (χ0v) is 12.4. The van der Waals surface area contributed by atoms with Crippen LogP contribution in [0.5, 0.6) is 0 Å². The maximum atomic E-state index is 12.2. The van der Waals surface area contributed by atoms with E-state index >= 15 is 0 Å². The Kier molecular flexibility index (Phi) is 4.80. The minimum atomic E-state index is -0.895. The number of carbonyl (C=O) groups is 2. The molecule has 1 aromatic rings. The molecule has 1 unspecified atom stereocenters. The first-order chi connectivity index (χ1) is 9.99. The molecular formula is C15H21N3O3. The summed E-state index contributed by atoms with van der Waals surface area (Å²) in [5.41, 5.74) is 1.71. The van der Waals surface area contributed by atoms with Gasteiger partial charge in [-0.2, -0.15) is 0 Å². The van der Waals surface area contributed by atoms with E-state index in [0.717, 1.165) is 17.7 Å². The van der Waals surface area contributed by atoms with Crippen LogP contribution in [0.2, 0.25) is 0 Å². The maximum absolute atomic E-state index is 12.2. The van der Waals surface area contributed by atoms with Crippen LogP contribution in [0.4, 0.5) is 4.79 Å². The molecule has 1 aliphatic rings. The number of carboxylic acid groups (broad SMARTS) is 1. The van der Waals surface area contributed by atoms with Crippen LogP contribution in [-0.2, 0) is 11.3 Å². The SMILES string of the molecule is CN(C)CCNC(=O)N1Cc2ccccc2C(C(=O)O)C1.